The minimum absolute atomic E-state index is 0.577. The molecule has 0 unspecified atom stereocenters. The Bertz CT molecular complexity index is 410. The van der Waals surface area contributed by atoms with Gasteiger partial charge in [0, 0.05) is 6.07 Å². The van der Waals surface area contributed by atoms with Crippen LogP contribution in [-0.2, 0) is 0 Å². The van der Waals surface area contributed by atoms with Gasteiger partial charge in [-0.3, -0.25) is 0 Å². The van der Waals surface area contributed by atoms with E-state index in [0.717, 1.165) is 5.52 Å². The summed E-state index contributed by atoms with van der Waals surface area (Å²) in [6, 6.07) is 7.42. The first-order valence-corrected chi connectivity index (χ1v) is 3.59. The van der Waals surface area contributed by atoms with E-state index in [4.69, 9.17) is 12.6 Å². The highest BCUT2D eigenvalue weighted by Crippen LogP contribution is 2.09. The second-order valence-corrected chi connectivity index (χ2v) is 2.47. The van der Waals surface area contributed by atoms with Crippen LogP contribution < -0.4 is 10.3 Å². The Morgan fingerprint density at radius 2 is 2.33 bits per heavy atom. The van der Waals surface area contributed by atoms with Gasteiger partial charge in [0.15, 0.2) is 0 Å². The lowest BCUT2D eigenvalue weighted by Crippen LogP contribution is -2.14. The maximum Gasteiger partial charge on any atom is 0.233 e. The van der Waals surface area contributed by atoms with E-state index in [1.165, 1.54) is 0 Å². The molecule has 0 spiro atoms. The fourth-order valence-electron chi connectivity index (χ4n) is 1.11. The van der Waals surface area contributed by atoms with Crippen molar-refractivity contribution in [2.45, 2.75) is 0 Å². The van der Waals surface area contributed by atoms with Crippen molar-refractivity contribution in [3.05, 3.63) is 24.3 Å². The zero-order chi connectivity index (χ0) is 8.55. The van der Waals surface area contributed by atoms with Crippen LogP contribution in [0, 0.1) is 0 Å². The molecule has 2 aromatic heterocycles. The molecule has 2 heterocycles. The van der Waals surface area contributed by atoms with Crippen molar-refractivity contribution < 1.29 is 4.74 Å². The fourth-order valence-corrected chi connectivity index (χ4v) is 1.11. The SMILES string of the molecule is [B]c1cccc2cc(OC)nn12. The molecule has 2 radical (unpaired) electrons. The summed E-state index contributed by atoms with van der Waals surface area (Å²) in [4.78, 5) is 0. The zero-order valence-electron chi connectivity index (χ0n) is 6.69. The summed E-state index contributed by atoms with van der Waals surface area (Å²) in [5.74, 6) is 0.577. The third-order valence-corrected chi connectivity index (χ3v) is 1.70. The van der Waals surface area contributed by atoms with Gasteiger partial charge in [0.25, 0.3) is 0 Å². The Kier molecular flexibility index (Phi) is 1.53. The first-order chi connectivity index (χ1) is 5.81. The van der Waals surface area contributed by atoms with E-state index in [2.05, 4.69) is 5.10 Å². The molecule has 0 saturated heterocycles. The molecule has 0 N–H and O–H groups in total. The molecule has 2 rings (SSSR count). The monoisotopic (exact) mass is 158 g/mol. The van der Waals surface area contributed by atoms with E-state index >= 15 is 0 Å². The summed E-state index contributed by atoms with van der Waals surface area (Å²) in [6.07, 6.45) is 0. The standard InChI is InChI=1S/C8H7BN2O/c1-12-8-5-6-3-2-4-7(9)11(6)10-8/h2-5H,1H3. The smallest absolute Gasteiger partial charge is 0.233 e. The highest BCUT2D eigenvalue weighted by Gasteiger charge is 2.00. The average Bonchev–Trinajstić information content (AvgIpc) is 2.49. The number of aromatic nitrogens is 2. The molecule has 0 aliphatic rings. The van der Waals surface area contributed by atoms with Crippen molar-refractivity contribution >= 4 is 19.0 Å². The molecule has 0 aliphatic heterocycles. The summed E-state index contributed by atoms with van der Waals surface area (Å²) < 4.78 is 6.60. The summed E-state index contributed by atoms with van der Waals surface area (Å²) in [5, 5.41) is 4.10. The minimum Gasteiger partial charge on any atom is -0.480 e. The van der Waals surface area contributed by atoms with Crippen LogP contribution in [0.5, 0.6) is 5.88 Å². The predicted molar refractivity (Wildman–Crippen MR) is 47.1 cm³/mol. The molecule has 58 valence electrons. The molecule has 4 heteroatoms. The second kappa shape index (κ2) is 2.55. The Balaban J connectivity index is 2.74. The molecular weight excluding hydrogens is 151 g/mol. The van der Waals surface area contributed by atoms with Crippen LogP contribution in [0.25, 0.3) is 5.52 Å². The molecule has 0 saturated carbocycles. The third kappa shape index (κ3) is 0.960. The van der Waals surface area contributed by atoms with Crippen molar-refractivity contribution in [1.82, 2.24) is 9.61 Å². The summed E-state index contributed by atoms with van der Waals surface area (Å²) in [5.41, 5.74) is 1.54. The van der Waals surface area contributed by atoms with Crippen LogP contribution in [0.1, 0.15) is 0 Å². The molecule has 3 nitrogen and oxygen atoms in total. The molecule has 0 atom stereocenters. The maximum absolute atomic E-state index is 5.67. The van der Waals surface area contributed by atoms with Gasteiger partial charge >= 0.3 is 0 Å². The van der Waals surface area contributed by atoms with Crippen molar-refractivity contribution in [1.29, 1.82) is 0 Å². The van der Waals surface area contributed by atoms with Crippen molar-refractivity contribution in [2.75, 3.05) is 7.11 Å². The lowest BCUT2D eigenvalue weighted by molar-refractivity contribution is 0.395. The normalized spacial score (nSPS) is 10.4. The topological polar surface area (TPSA) is 26.5 Å². The summed E-state index contributed by atoms with van der Waals surface area (Å²) in [7, 11) is 7.25. The van der Waals surface area contributed by atoms with Crippen LogP contribution in [0.4, 0.5) is 0 Å². The van der Waals surface area contributed by atoms with Gasteiger partial charge in [0.1, 0.15) is 7.85 Å². The number of hydrogen-bond acceptors (Lipinski definition) is 2. The minimum atomic E-state index is 0.577. The predicted octanol–water partition coefficient (Wildman–Crippen LogP) is 0.137. The van der Waals surface area contributed by atoms with E-state index in [1.807, 2.05) is 18.2 Å². The van der Waals surface area contributed by atoms with Crippen LogP contribution in [0.2, 0.25) is 0 Å². The number of methoxy groups -OCH3 is 1. The Labute approximate surface area is 71.4 Å². The number of fused-ring (bicyclic) bond motifs is 1. The van der Waals surface area contributed by atoms with Crippen LogP contribution in [-0.4, -0.2) is 24.6 Å². The number of rotatable bonds is 1. The van der Waals surface area contributed by atoms with Crippen molar-refractivity contribution in [3.63, 3.8) is 0 Å². The third-order valence-electron chi connectivity index (χ3n) is 1.70. The van der Waals surface area contributed by atoms with Crippen molar-refractivity contribution in [3.8, 4) is 5.88 Å². The first-order valence-electron chi connectivity index (χ1n) is 3.59. The lowest BCUT2D eigenvalue weighted by Gasteiger charge is -1.96. The van der Waals surface area contributed by atoms with Crippen LogP contribution in [0.15, 0.2) is 24.3 Å². The average molecular weight is 158 g/mol. The van der Waals surface area contributed by atoms with Gasteiger partial charge < -0.3 is 4.74 Å². The largest absolute Gasteiger partial charge is 0.480 e. The highest BCUT2D eigenvalue weighted by atomic mass is 16.5. The van der Waals surface area contributed by atoms with Gasteiger partial charge in [-0.15, -0.1) is 5.10 Å². The molecule has 2 aromatic rings. The Hall–Kier alpha value is -1.45. The summed E-state index contributed by atoms with van der Waals surface area (Å²) >= 11 is 0. The van der Waals surface area contributed by atoms with Gasteiger partial charge in [0.05, 0.1) is 12.6 Å². The van der Waals surface area contributed by atoms with Gasteiger partial charge in [0.2, 0.25) is 5.88 Å². The lowest BCUT2D eigenvalue weighted by atomic mass is 10.0. The van der Waals surface area contributed by atoms with E-state index in [0.29, 0.717) is 11.5 Å². The van der Waals surface area contributed by atoms with E-state index in [-0.39, 0.29) is 0 Å². The summed E-state index contributed by atoms with van der Waals surface area (Å²) in [6.45, 7) is 0. The molecular formula is C8H7BN2O. The highest BCUT2D eigenvalue weighted by molar-refractivity contribution is 6.31. The first kappa shape index (κ1) is 7.22. The number of nitrogens with zero attached hydrogens (tertiary/aromatic N) is 2. The van der Waals surface area contributed by atoms with E-state index in [9.17, 15) is 0 Å². The Morgan fingerprint density at radius 1 is 1.50 bits per heavy atom. The second-order valence-electron chi connectivity index (χ2n) is 2.47. The van der Waals surface area contributed by atoms with Crippen LogP contribution >= 0.6 is 0 Å². The number of pyridine rings is 1. The number of ether oxygens (including phenoxy) is 1. The van der Waals surface area contributed by atoms with Crippen molar-refractivity contribution in [2.24, 2.45) is 0 Å². The molecule has 0 aromatic carbocycles. The molecule has 0 aliphatic carbocycles. The van der Waals surface area contributed by atoms with Gasteiger partial charge in [-0.2, -0.15) is 0 Å². The van der Waals surface area contributed by atoms with E-state index < -0.39 is 0 Å². The van der Waals surface area contributed by atoms with Crippen LogP contribution in [0.3, 0.4) is 0 Å². The van der Waals surface area contributed by atoms with E-state index in [1.54, 1.807) is 17.7 Å². The zero-order valence-corrected chi connectivity index (χ0v) is 6.69. The van der Waals surface area contributed by atoms with Gasteiger partial charge in [-0.1, -0.05) is 12.1 Å². The molecule has 0 fully saturated rings. The molecule has 0 amide bonds. The quantitative estimate of drug-likeness (QED) is 0.551. The number of hydrogen-bond donors (Lipinski definition) is 0. The molecule has 0 bridgehead atoms. The maximum atomic E-state index is 5.67. The van der Waals surface area contributed by atoms with Gasteiger partial charge in [-0.25, -0.2) is 4.52 Å². The van der Waals surface area contributed by atoms with Gasteiger partial charge in [-0.05, 0) is 11.7 Å². The fraction of sp³-hybridized carbons (Fsp3) is 0.125. The Morgan fingerprint density at radius 3 is 3.00 bits per heavy atom. The molecule has 12 heavy (non-hydrogen) atoms.